The van der Waals surface area contributed by atoms with Crippen LogP contribution in [0.15, 0.2) is 47.5 Å². The topological polar surface area (TPSA) is 83.0 Å². The van der Waals surface area contributed by atoms with E-state index in [0.717, 1.165) is 24.5 Å². The first kappa shape index (κ1) is 23.0. The third-order valence-corrected chi connectivity index (χ3v) is 7.96. The summed E-state index contributed by atoms with van der Waals surface area (Å²) in [6.45, 7) is 4.36. The van der Waals surface area contributed by atoms with Crippen LogP contribution in [0, 0.1) is 0 Å². The van der Waals surface area contributed by atoms with Crippen LogP contribution in [-0.4, -0.2) is 81.0 Å². The van der Waals surface area contributed by atoms with Crippen molar-refractivity contribution in [3.8, 4) is 0 Å². The molecule has 3 heterocycles. The molecule has 0 radical (unpaired) electrons. The molecule has 0 unspecified atom stereocenters. The Balaban J connectivity index is 1.26. The lowest BCUT2D eigenvalue weighted by molar-refractivity contribution is -0.131. The van der Waals surface area contributed by atoms with Gasteiger partial charge in [-0.05, 0) is 36.2 Å². The van der Waals surface area contributed by atoms with Gasteiger partial charge in [-0.3, -0.25) is 4.79 Å². The van der Waals surface area contributed by atoms with Gasteiger partial charge in [0.25, 0.3) is 0 Å². The Morgan fingerprint density at radius 3 is 2.28 bits per heavy atom. The van der Waals surface area contributed by atoms with Crippen LogP contribution in [-0.2, 0) is 26.0 Å². The summed E-state index contributed by atoms with van der Waals surface area (Å²) in [6, 6.07) is 10.6. The van der Waals surface area contributed by atoms with Gasteiger partial charge in [-0.25, -0.2) is 13.4 Å². The predicted molar refractivity (Wildman–Crippen MR) is 122 cm³/mol. The summed E-state index contributed by atoms with van der Waals surface area (Å²) < 4.78 is 32.1. The van der Waals surface area contributed by atoms with Crippen LogP contribution < -0.4 is 4.90 Å². The number of sulfonamides is 1. The van der Waals surface area contributed by atoms with Crippen molar-refractivity contribution < 1.29 is 17.9 Å². The van der Waals surface area contributed by atoms with Gasteiger partial charge in [0.2, 0.25) is 15.9 Å². The highest BCUT2D eigenvalue weighted by atomic mass is 35.5. The van der Waals surface area contributed by atoms with E-state index in [1.807, 2.05) is 17.0 Å². The van der Waals surface area contributed by atoms with Gasteiger partial charge in [-0.2, -0.15) is 4.31 Å². The summed E-state index contributed by atoms with van der Waals surface area (Å²) in [5.41, 5.74) is 0.947. The molecule has 2 aliphatic rings. The molecule has 0 spiro atoms. The largest absolute Gasteiger partial charge is 0.379 e. The number of aromatic nitrogens is 1. The maximum Gasteiger partial charge on any atom is 0.243 e. The van der Waals surface area contributed by atoms with Gasteiger partial charge >= 0.3 is 0 Å². The average Bonchev–Trinajstić information content (AvgIpc) is 2.84. The van der Waals surface area contributed by atoms with Crippen molar-refractivity contribution in [1.82, 2.24) is 14.2 Å². The monoisotopic (exact) mass is 478 g/mol. The number of piperazine rings is 1. The van der Waals surface area contributed by atoms with E-state index in [2.05, 4.69) is 9.88 Å². The number of benzene rings is 1. The van der Waals surface area contributed by atoms with Crippen LogP contribution in [0.4, 0.5) is 5.82 Å². The second kappa shape index (κ2) is 10.2. The minimum atomic E-state index is -3.50. The number of morpholine rings is 1. The molecule has 1 aromatic carbocycles. The van der Waals surface area contributed by atoms with E-state index in [9.17, 15) is 13.2 Å². The van der Waals surface area contributed by atoms with Crippen LogP contribution in [0.3, 0.4) is 0 Å². The normalized spacial score (nSPS) is 18.0. The average molecular weight is 479 g/mol. The van der Waals surface area contributed by atoms with Crippen LogP contribution in [0.2, 0.25) is 5.02 Å². The molecular formula is C22H27ClN4O4S. The number of ether oxygens (including phenoxy) is 1. The maximum atomic E-state index is 12.7. The Morgan fingerprint density at radius 2 is 1.66 bits per heavy atom. The molecule has 0 atom stereocenters. The van der Waals surface area contributed by atoms with Crippen molar-refractivity contribution in [2.24, 2.45) is 0 Å². The van der Waals surface area contributed by atoms with Crippen molar-refractivity contribution in [2.45, 2.75) is 17.7 Å². The van der Waals surface area contributed by atoms with Gasteiger partial charge in [-0.15, -0.1) is 0 Å². The van der Waals surface area contributed by atoms with E-state index in [1.54, 1.807) is 30.5 Å². The molecule has 0 bridgehead atoms. The van der Waals surface area contributed by atoms with E-state index in [1.165, 1.54) is 4.31 Å². The van der Waals surface area contributed by atoms with Gasteiger partial charge in [0.15, 0.2) is 0 Å². The Bertz CT molecular complexity index is 1020. The molecule has 2 aromatic rings. The molecule has 8 nitrogen and oxygen atoms in total. The second-order valence-corrected chi connectivity index (χ2v) is 10.2. The van der Waals surface area contributed by atoms with Crippen LogP contribution in [0.1, 0.15) is 12.0 Å². The number of hydrogen-bond donors (Lipinski definition) is 0. The fourth-order valence-corrected chi connectivity index (χ4v) is 5.43. The summed E-state index contributed by atoms with van der Waals surface area (Å²) in [7, 11) is -3.50. The van der Waals surface area contributed by atoms with E-state index < -0.39 is 10.0 Å². The number of rotatable bonds is 6. The molecule has 32 heavy (non-hydrogen) atoms. The molecule has 172 valence electrons. The highest BCUT2D eigenvalue weighted by Gasteiger charge is 2.26. The van der Waals surface area contributed by atoms with Crippen LogP contribution in [0.25, 0.3) is 0 Å². The number of nitrogens with zero attached hydrogens (tertiary/aromatic N) is 4. The fourth-order valence-electron chi connectivity index (χ4n) is 3.91. The fraction of sp³-hybridized carbons (Fsp3) is 0.455. The van der Waals surface area contributed by atoms with Crippen molar-refractivity contribution in [2.75, 3.05) is 57.4 Å². The Hall–Kier alpha value is -2.20. The molecule has 0 saturated carbocycles. The molecule has 0 N–H and O–H groups in total. The molecule has 0 aliphatic carbocycles. The Labute approximate surface area is 193 Å². The van der Waals surface area contributed by atoms with Gasteiger partial charge in [0.1, 0.15) is 5.82 Å². The highest BCUT2D eigenvalue weighted by molar-refractivity contribution is 7.89. The van der Waals surface area contributed by atoms with Gasteiger partial charge in [0, 0.05) is 51.9 Å². The number of hydrogen-bond acceptors (Lipinski definition) is 6. The SMILES string of the molecule is O=C(CCc1ccc(S(=O)(=O)N2CCOCC2)cc1)N1CCN(c2ccc(Cl)cn2)CC1. The summed E-state index contributed by atoms with van der Waals surface area (Å²) in [5, 5.41) is 0.606. The van der Waals surface area contributed by atoms with Crippen molar-refractivity contribution in [3.63, 3.8) is 0 Å². The van der Waals surface area contributed by atoms with E-state index in [0.29, 0.717) is 57.3 Å². The summed E-state index contributed by atoms with van der Waals surface area (Å²) in [4.78, 5) is 21.3. The molecule has 4 rings (SSSR count). The third kappa shape index (κ3) is 5.40. The molecule has 1 amide bonds. The first-order valence-corrected chi connectivity index (χ1v) is 12.6. The maximum absolute atomic E-state index is 12.7. The summed E-state index contributed by atoms with van der Waals surface area (Å²) in [5.74, 6) is 0.979. The Kier molecular flexibility index (Phi) is 7.30. The summed E-state index contributed by atoms with van der Waals surface area (Å²) >= 11 is 5.90. The van der Waals surface area contributed by atoms with Crippen LogP contribution >= 0.6 is 11.6 Å². The molecule has 2 aliphatic heterocycles. The standard InChI is InChI=1S/C22H27ClN4O4S/c23-19-4-7-21(24-17-19)25-9-11-26(12-10-25)22(28)8-3-18-1-5-20(6-2-18)32(29,30)27-13-15-31-16-14-27/h1-2,4-7,17H,3,8-16H2. The third-order valence-electron chi connectivity index (χ3n) is 5.83. The number of anilines is 1. The number of pyridine rings is 1. The second-order valence-electron chi connectivity index (χ2n) is 7.86. The molecule has 1 aromatic heterocycles. The van der Waals surface area contributed by atoms with Gasteiger partial charge < -0.3 is 14.5 Å². The van der Waals surface area contributed by atoms with E-state index in [-0.39, 0.29) is 10.8 Å². The quantitative estimate of drug-likeness (QED) is 0.631. The minimum Gasteiger partial charge on any atom is -0.379 e. The zero-order valence-electron chi connectivity index (χ0n) is 17.8. The number of carbonyl (C=O) groups is 1. The molecule has 2 fully saturated rings. The zero-order valence-corrected chi connectivity index (χ0v) is 19.4. The zero-order chi connectivity index (χ0) is 22.6. The van der Waals surface area contributed by atoms with Crippen LogP contribution in [0.5, 0.6) is 0 Å². The first-order chi connectivity index (χ1) is 15.4. The van der Waals surface area contributed by atoms with E-state index >= 15 is 0 Å². The molecular weight excluding hydrogens is 452 g/mol. The number of carbonyl (C=O) groups excluding carboxylic acids is 1. The molecule has 2 saturated heterocycles. The Morgan fingerprint density at radius 1 is 0.969 bits per heavy atom. The van der Waals surface area contributed by atoms with Gasteiger partial charge in [-0.1, -0.05) is 23.7 Å². The first-order valence-electron chi connectivity index (χ1n) is 10.7. The smallest absolute Gasteiger partial charge is 0.243 e. The number of halogens is 1. The lowest BCUT2D eigenvalue weighted by Gasteiger charge is -2.35. The van der Waals surface area contributed by atoms with E-state index in [4.69, 9.17) is 16.3 Å². The highest BCUT2D eigenvalue weighted by Crippen LogP contribution is 2.19. The van der Waals surface area contributed by atoms with Crippen molar-refractivity contribution >= 4 is 33.3 Å². The molecule has 10 heteroatoms. The summed E-state index contributed by atoms with van der Waals surface area (Å²) in [6.07, 6.45) is 2.61. The lowest BCUT2D eigenvalue weighted by Crippen LogP contribution is -2.49. The van der Waals surface area contributed by atoms with Gasteiger partial charge in [0.05, 0.1) is 23.1 Å². The lowest BCUT2D eigenvalue weighted by atomic mass is 10.1. The van der Waals surface area contributed by atoms with Crippen molar-refractivity contribution in [1.29, 1.82) is 0 Å². The number of aryl methyl sites for hydroxylation is 1. The van der Waals surface area contributed by atoms with Crippen molar-refractivity contribution in [3.05, 3.63) is 53.2 Å². The number of amides is 1. The minimum absolute atomic E-state index is 0.110. The predicted octanol–water partition coefficient (Wildman–Crippen LogP) is 2.04.